The summed E-state index contributed by atoms with van der Waals surface area (Å²) >= 11 is 5.60. The number of hydrogen-bond acceptors (Lipinski definition) is 4. The number of nitrogens with zero attached hydrogens (tertiary/aromatic N) is 2. The van der Waals surface area contributed by atoms with E-state index < -0.39 is 11.6 Å². The fraction of sp³-hybridized carbons (Fsp3) is 0.444. The van der Waals surface area contributed by atoms with Crippen LogP contribution in [0.4, 0.5) is 0 Å². The lowest BCUT2D eigenvalue weighted by molar-refractivity contribution is 0.00555. The summed E-state index contributed by atoms with van der Waals surface area (Å²) in [6.45, 7) is 5.32. The summed E-state index contributed by atoms with van der Waals surface area (Å²) in [5.74, 6) is -0.590. The van der Waals surface area contributed by atoms with Crippen molar-refractivity contribution in [1.29, 1.82) is 0 Å². The fourth-order valence-corrected chi connectivity index (χ4v) is 0.895. The highest BCUT2D eigenvalue weighted by atomic mass is 35.5. The van der Waals surface area contributed by atoms with Crippen molar-refractivity contribution in [2.24, 2.45) is 0 Å². The number of hydrogen-bond donors (Lipinski definition) is 0. The molecule has 0 fully saturated rings. The van der Waals surface area contributed by atoms with Crippen molar-refractivity contribution < 1.29 is 9.53 Å². The van der Waals surface area contributed by atoms with Crippen molar-refractivity contribution in [3.05, 3.63) is 23.2 Å². The number of halogens is 1. The van der Waals surface area contributed by atoms with E-state index in [-0.39, 0.29) is 11.0 Å². The third-order valence-corrected chi connectivity index (χ3v) is 1.41. The number of carbonyl (C=O) groups is 1. The Morgan fingerprint density at radius 3 is 2.64 bits per heavy atom. The van der Waals surface area contributed by atoms with E-state index in [1.807, 2.05) is 0 Å². The molecule has 0 amide bonds. The average molecular weight is 215 g/mol. The van der Waals surface area contributed by atoms with Crippen molar-refractivity contribution in [2.45, 2.75) is 26.4 Å². The molecular formula is C9H11ClN2O2. The van der Waals surface area contributed by atoms with Crippen LogP contribution in [0.5, 0.6) is 0 Å². The second kappa shape index (κ2) is 3.92. The van der Waals surface area contributed by atoms with Gasteiger partial charge in [-0.1, -0.05) is 11.6 Å². The molecule has 0 spiro atoms. The number of rotatable bonds is 1. The number of esters is 1. The Balaban J connectivity index is 2.80. The van der Waals surface area contributed by atoms with Gasteiger partial charge in [0.2, 0.25) is 5.82 Å². The standard InChI is InChI=1S/C9H11ClN2O2/c1-9(2,3)14-8(13)7-11-5-4-6(10)12-7/h4-5H,1-3H3. The van der Waals surface area contributed by atoms with Crippen LogP contribution in [0, 0.1) is 0 Å². The Bertz CT molecular complexity index is 347. The molecule has 1 aromatic heterocycles. The van der Waals surface area contributed by atoms with Crippen LogP contribution in [0.15, 0.2) is 12.3 Å². The maximum absolute atomic E-state index is 11.4. The minimum absolute atomic E-state index is 0.0209. The largest absolute Gasteiger partial charge is 0.454 e. The molecule has 1 aromatic rings. The molecule has 5 heteroatoms. The van der Waals surface area contributed by atoms with Crippen LogP contribution in [-0.2, 0) is 4.74 Å². The highest BCUT2D eigenvalue weighted by Gasteiger charge is 2.19. The quantitative estimate of drug-likeness (QED) is 0.531. The minimum atomic E-state index is -0.569. The van der Waals surface area contributed by atoms with Crippen molar-refractivity contribution in [3.63, 3.8) is 0 Å². The van der Waals surface area contributed by atoms with Gasteiger partial charge in [-0.2, -0.15) is 0 Å². The molecule has 0 aliphatic heterocycles. The minimum Gasteiger partial charge on any atom is -0.454 e. The molecule has 0 saturated carbocycles. The van der Waals surface area contributed by atoms with Crippen molar-refractivity contribution >= 4 is 17.6 Å². The smallest absolute Gasteiger partial charge is 0.376 e. The molecule has 0 aromatic carbocycles. The molecule has 1 heterocycles. The Labute approximate surface area is 87.3 Å². The molecule has 1 rings (SSSR count). The zero-order valence-corrected chi connectivity index (χ0v) is 9.00. The molecular weight excluding hydrogens is 204 g/mol. The van der Waals surface area contributed by atoms with Crippen LogP contribution in [0.25, 0.3) is 0 Å². The van der Waals surface area contributed by atoms with E-state index in [9.17, 15) is 4.79 Å². The van der Waals surface area contributed by atoms with E-state index >= 15 is 0 Å². The van der Waals surface area contributed by atoms with Crippen LogP contribution in [-0.4, -0.2) is 21.5 Å². The Hall–Kier alpha value is -1.16. The normalized spacial score (nSPS) is 11.1. The predicted molar refractivity (Wildman–Crippen MR) is 52.2 cm³/mol. The molecule has 4 nitrogen and oxygen atoms in total. The highest BCUT2D eigenvalue weighted by molar-refractivity contribution is 6.29. The maximum atomic E-state index is 11.4. The first-order chi connectivity index (χ1) is 6.38. The van der Waals surface area contributed by atoms with Crippen LogP contribution < -0.4 is 0 Å². The Morgan fingerprint density at radius 2 is 2.14 bits per heavy atom. The van der Waals surface area contributed by atoms with Crippen molar-refractivity contribution in [2.75, 3.05) is 0 Å². The summed E-state index contributed by atoms with van der Waals surface area (Å²) in [7, 11) is 0. The molecule has 0 aliphatic carbocycles. The van der Waals surface area contributed by atoms with Gasteiger partial charge in [0, 0.05) is 6.20 Å². The van der Waals surface area contributed by atoms with Gasteiger partial charge in [0.25, 0.3) is 0 Å². The molecule has 0 bridgehead atoms. The van der Waals surface area contributed by atoms with Crippen molar-refractivity contribution in [1.82, 2.24) is 9.97 Å². The van der Waals surface area contributed by atoms with Crippen molar-refractivity contribution in [3.8, 4) is 0 Å². The van der Waals surface area contributed by atoms with Gasteiger partial charge in [-0.25, -0.2) is 14.8 Å². The summed E-state index contributed by atoms with van der Waals surface area (Å²) < 4.78 is 5.06. The van der Waals surface area contributed by atoms with E-state index in [4.69, 9.17) is 16.3 Å². The molecule has 76 valence electrons. The summed E-state index contributed by atoms with van der Waals surface area (Å²) in [4.78, 5) is 18.9. The van der Waals surface area contributed by atoms with Crippen LogP contribution >= 0.6 is 11.6 Å². The summed E-state index contributed by atoms with van der Waals surface area (Å²) in [5.41, 5.74) is -0.553. The van der Waals surface area contributed by atoms with E-state index in [0.717, 1.165) is 0 Å². The van der Waals surface area contributed by atoms with E-state index in [0.29, 0.717) is 0 Å². The zero-order chi connectivity index (χ0) is 10.8. The summed E-state index contributed by atoms with van der Waals surface area (Å²) in [5, 5.41) is 0.223. The molecule has 0 radical (unpaired) electrons. The van der Waals surface area contributed by atoms with Gasteiger partial charge >= 0.3 is 5.97 Å². The maximum Gasteiger partial charge on any atom is 0.376 e. The van der Waals surface area contributed by atoms with Crippen LogP contribution in [0.1, 0.15) is 31.4 Å². The van der Waals surface area contributed by atoms with Gasteiger partial charge in [-0.3, -0.25) is 0 Å². The molecule has 0 N–H and O–H groups in total. The molecule has 0 unspecified atom stereocenters. The molecule has 0 aliphatic rings. The monoisotopic (exact) mass is 214 g/mol. The second-order valence-electron chi connectivity index (χ2n) is 3.70. The van der Waals surface area contributed by atoms with Gasteiger partial charge in [-0.05, 0) is 26.8 Å². The lowest BCUT2D eigenvalue weighted by Gasteiger charge is -2.18. The van der Waals surface area contributed by atoms with Crippen LogP contribution in [0.3, 0.4) is 0 Å². The third-order valence-electron chi connectivity index (χ3n) is 1.20. The van der Waals surface area contributed by atoms with E-state index in [2.05, 4.69) is 9.97 Å². The molecule has 0 atom stereocenters. The number of aromatic nitrogens is 2. The second-order valence-corrected chi connectivity index (χ2v) is 4.09. The molecule has 14 heavy (non-hydrogen) atoms. The summed E-state index contributed by atoms with van der Waals surface area (Å²) in [6, 6.07) is 1.50. The Morgan fingerprint density at radius 1 is 1.50 bits per heavy atom. The lowest BCUT2D eigenvalue weighted by Crippen LogP contribution is -2.25. The summed E-state index contributed by atoms with van der Waals surface area (Å²) in [6.07, 6.45) is 1.41. The SMILES string of the molecule is CC(C)(C)OC(=O)c1nccc(Cl)n1. The van der Waals surface area contributed by atoms with Gasteiger partial charge in [0.15, 0.2) is 0 Å². The average Bonchev–Trinajstić information content (AvgIpc) is 2.01. The van der Waals surface area contributed by atoms with Gasteiger partial charge < -0.3 is 4.74 Å². The van der Waals surface area contributed by atoms with E-state index in [1.165, 1.54) is 12.3 Å². The number of carbonyl (C=O) groups excluding carboxylic acids is 1. The van der Waals surface area contributed by atoms with E-state index in [1.54, 1.807) is 20.8 Å². The van der Waals surface area contributed by atoms with Gasteiger partial charge in [0.05, 0.1) is 0 Å². The lowest BCUT2D eigenvalue weighted by atomic mass is 10.2. The fourth-order valence-electron chi connectivity index (χ4n) is 0.759. The first kappa shape index (κ1) is 10.9. The zero-order valence-electron chi connectivity index (χ0n) is 8.24. The third kappa shape index (κ3) is 3.30. The first-order valence-electron chi connectivity index (χ1n) is 4.10. The first-order valence-corrected chi connectivity index (χ1v) is 4.48. The Kier molecular flexibility index (Phi) is 3.06. The van der Waals surface area contributed by atoms with Crippen LogP contribution in [0.2, 0.25) is 5.15 Å². The van der Waals surface area contributed by atoms with Gasteiger partial charge in [-0.15, -0.1) is 0 Å². The highest BCUT2D eigenvalue weighted by Crippen LogP contribution is 2.10. The number of ether oxygens (including phenoxy) is 1. The topological polar surface area (TPSA) is 52.1 Å². The molecule has 0 saturated heterocycles. The predicted octanol–water partition coefficient (Wildman–Crippen LogP) is 2.09. The van der Waals surface area contributed by atoms with Gasteiger partial charge in [0.1, 0.15) is 10.8 Å².